The van der Waals surface area contributed by atoms with Gasteiger partial charge in [-0.2, -0.15) is 5.10 Å². The first-order chi connectivity index (χ1) is 10.2. The van der Waals surface area contributed by atoms with Gasteiger partial charge in [0, 0.05) is 12.3 Å². The van der Waals surface area contributed by atoms with Crippen molar-refractivity contribution in [2.75, 3.05) is 0 Å². The van der Waals surface area contributed by atoms with E-state index in [0.29, 0.717) is 11.3 Å². The molecule has 0 atom stereocenters. The molecule has 0 unspecified atom stereocenters. The third kappa shape index (κ3) is 3.17. The maximum Gasteiger partial charge on any atom is 0.138 e. The van der Waals surface area contributed by atoms with E-state index in [9.17, 15) is 9.50 Å². The SMILES string of the molecule is Oc1cc(F)cc(COc2ccc(-c3ccn[nH]3)nc2)c1. The van der Waals surface area contributed by atoms with Gasteiger partial charge in [0.05, 0.1) is 17.6 Å². The zero-order chi connectivity index (χ0) is 14.7. The van der Waals surface area contributed by atoms with Crippen LogP contribution < -0.4 is 4.74 Å². The summed E-state index contributed by atoms with van der Waals surface area (Å²) < 4.78 is 18.6. The Kier molecular flexibility index (Phi) is 3.51. The monoisotopic (exact) mass is 285 g/mol. The Morgan fingerprint density at radius 1 is 1.19 bits per heavy atom. The van der Waals surface area contributed by atoms with Gasteiger partial charge in [-0.15, -0.1) is 0 Å². The summed E-state index contributed by atoms with van der Waals surface area (Å²) in [5.74, 6) is -0.0651. The van der Waals surface area contributed by atoms with Gasteiger partial charge in [-0.05, 0) is 35.9 Å². The molecule has 2 heterocycles. The van der Waals surface area contributed by atoms with Crippen molar-refractivity contribution in [2.45, 2.75) is 6.61 Å². The lowest BCUT2D eigenvalue weighted by atomic mass is 10.2. The van der Waals surface area contributed by atoms with Gasteiger partial charge in [0.1, 0.15) is 23.9 Å². The highest BCUT2D eigenvalue weighted by Gasteiger charge is 2.03. The number of hydrogen-bond acceptors (Lipinski definition) is 4. The van der Waals surface area contributed by atoms with E-state index in [0.717, 1.165) is 17.5 Å². The molecule has 1 aromatic carbocycles. The number of hydrogen-bond donors (Lipinski definition) is 2. The number of rotatable bonds is 4. The summed E-state index contributed by atoms with van der Waals surface area (Å²) in [5, 5.41) is 16.0. The number of halogens is 1. The Hall–Kier alpha value is -2.89. The Balaban J connectivity index is 1.68. The average molecular weight is 285 g/mol. The summed E-state index contributed by atoms with van der Waals surface area (Å²) >= 11 is 0. The lowest BCUT2D eigenvalue weighted by Gasteiger charge is -2.07. The van der Waals surface area contributed by atoms with E-state index in [1.807, 2.05) is 6.07 Å². The maximum absolute atomic E-state index is 13.1. The molecule has 5 nitrogen and oxygen atoms in total. The third-order valence-electron chi connectivity index (χ3n) is 2.86. The van der Waals surface area contributed by atoms with Gasteiger partial charge in [0.15, 0.2) is 0 Å². The number of H-pyrrole nitrogens is 1. The normalized spacial score (nSPS) is 10.5. The highest BCUT2D eigenvalue weighted by molar-refractivity contribution is 5.53. The second-order valence-corrected chi connectivity index (χ2v) is 4.46. The molecule has 0 spiro atoms. The van der Waals surface area contributed by atoms with Crippen LogP contribution in [0.15, 0.2) is 48.8 Å². The smallest absolute Gasteiger partial charge is 0.138 e. The fourth-order valence-electron chi connectivity index (χ4n) is 1.91. The molecule has 2 aromatic heterocycles. The van der Waals surface area contributed by atoms with Crippen molar-refractivity contribution in [3.63, 3.8) is 0 Å². The minimum absolute atomic E-state index is 0.124. The van der Waals surface area contributed by atoms with Crippen LogP contribution in [0.3, 0.4) is 0 Å². The molecule has 0 saturated heterocycles. The number of phenolic OH excluding ortho intramolecular Hbond substituents is 1. The summed E-state index contributed by atoms with van der Waals surface area (Å²) in [4.78, 5) is 4.25. The minimum Gasteiger partial charge on any atom is -0.508 e. The van der Waals surface area contributed by atoms with E-state index in [-0.39, 0.29) is 12.4 Å². The Morgan fingerprint density at radius 2 is 2.10 bits per heavy atom. The number of nitrogens with one attached hydrogen (secondary N) is 1. The molecule has 0 radical (unpaired) electrons. The third-order valence-corrected chi connectivity index (χ3v) is 2.86. The number of aromatic hydroxyl groups is 1. The molecule has 0 saturated carbocycles. The molecule has 0 aliphatic rings. The summed E-state index contributed by atoms with van der Waals surface area (Å²) in [7, 11) is 0. The van der Waals surface area contributed by atoms with Crippen LogP contribution in [0.25, 0.3) is 11.4 Å². The topological polar surface area (TPSA) is 71.0 Å². The molecule has 6 heteroatoms. The lowest BCUT2D eigenvalue weighted by molar-refractivity contribution is 0.303. The van der Waals surface area contributed by atoms with Gasteiger partial charge in [-0.3, -0.25) is 10.1 Å². The van der Waals surface area contributed by atoms with E-state index >= 15 is 0 Å². The zero-order valence-electron chi connectivity index (χ0n) is 11.0. The highest BCUT2D eigenvalue weighted by Crippen LogP contribution is 2.19. The van der Waals surface area contributed by atoms with E-state index in [1.54, 1.807) is 24.5 Å². The number of aromatic amines is 1. The molecule has 0 fully saturated rings. The number of pyridine rings is 1. The first-order valence-corrected chi connectivity index (χ1v) is 6.28. The number of ether oxygens (including phenoxy) is 1. The predicted octanol–water partition coefficient (Wildman–Crippen LogP) is 2.90. The molecule has 3 rings (SSSR count). The quantitative estimate of drug-likeness (QED) is 0.773. The van der Waals surface area contributed by atoms with Crippen molar-refractivity contribution >= 4 is 0 Å². The predicted molar refractivity (Wildman–Crippen MR) is 74.2 cm³/mol. The van der Waals surface area contributed by atoms with Gasteiger partial charge in [0.2, 0.25) is 0 Å². The average Bonchev–Trinajstić information content (AvgIpc) is 2.99. The second kappa shape index (κ2) is 5.62. The molecule has 0 aliphatic heterocycles. The minimum atomic E-state index is -0.499. The van der Waals surface area contributed by atoms with Crippen LogP contribution in [0, 0.1) is 5.82 Å². The number of aromatic nitrogens is 3. The number of benzene rings is 1. The van der Waals surface area contributed by atoms with Crippen molar-refractivity contribution in [1.82, 2.24) is 15.2 Å². The van der Waals surface area contributed by atoms with Crippen molar-refractivity contribution in [3.8, 4) is 22.9 Å². The first kappa shape index (κ1) is 13.1. The molecule has 0 amide bonds. The van der Waals surface area contributed by atoms with E-state index in [2.05, 4.69) is 15.2 Å². The molecule has 0 bridgehead atoms. The highest BCUT2D eigenvalue weighted by atomic mass is 19.1. The molecule has 3 aromatic rings. The van der Waals surface area contributed by atoms with Crippen LogP contribution in [0.2, 0.25) is 0 Å². The van der Waals surface area contributed by atoms with Crippen LogP contribution in [0.4, 0.5) is 4.39 Å². The van der Waals surface area contributed by atoms with Crippen molar-refractivity contribution in [2.24, 2.45) is 0 Å². The Bertz CT molecular complexity index is 707. The summed E-state index contributed by atoms with van der Waals surface area (Å²) in [6, 6.07) is 9.19. The van der Waals surface area contributed by atoms with Crippen LogP contribution in [-0.2, 0) is 6.61 Å². The van der Waals surface area contributed by atoms with E-state index in [1.165, 1.54) is 12.1 Å². The summed E-state index contributed by atoms with van der Waals surface area (Å²) in [6.07, 6.45) is 3.23. The number of nitrogens with zero attached hydrogens (tertiary/aromatic N) is 2. The zero-order valence-corrected chi connectivity index (χ0v) is 11.0. The summed E-state index contributed by atoms with van der Waals surface area (Å²) in [6.45, 7) is 0.149. The Labute approximate surface area is 120 Å². The first-order valence-electron chi connectivity index (χ1n) is 6.28. The fourth-order valence-corrected chi connectivity index (χ4v) is 1.91. The molecule has 0 aliphatic carbocycles. The largest absolute Gasteiger partial charge is 0.508 e. The van der Waals surface area contributed by atoms with Gasteiger partial charge in [0.25, 0.3) is 0 Å². The maximum atomic E-state index is 13.1. The Morgan fingerprint density at radius 3 is 2.76 bits per heavy atom. The van der Waals surface area contributed by atoms with Crippen LogP contribution in [0.5, 0.6) is 11.5 Å². The lowest BCUT2D eigenvalue weighted by Crippen LogP contribution is -1.97. The van der Waals surface area contributed by atoms with Gasteiger partial charge in [-0.25, -0.2) is 4.39 Å². The molecular formula is C15H12FN3O2. The second-order valence-electron chi connectivity index (χ2n) is 4.46. The van der Waals surface area contributed by atoms with Crippen molar-refractivity contribution in [3.05, 3.63) is 60.2 Å². The standard InChI is InChI=1S/C15H12FN3O2/c16-11-5-10(6-12(20)7-11)9-21-13-1-2-14(17-8-13)15-3-4-18-19-15/h1-8,20H,9H2,(H,18,19). The van der Waals surface area contributed by atoms with Crippen molar-refractivity contribution < 1.29 is 14.2 Å². The number of phenols is 1. The molecule has 106 valence electrons. The van der Waals surface area contributed by atoms with E-state index < -0.39 is 5.82 Å². The molecule has 21 heavy (non-hydrogen) atoms. The van der Waals surface area contributed by atoms with Crippen LogP contribution in [0.1, 0.15) is 5.56 Å². The van der Waals surface area contributed by atoms with Crippen LogP contribution in [-0.4, -0.2) is 20.3 Å². The molecule has 2 N–H and O–H groups in total. The molecular weight excluding hydrogens is 273 g/mol. The van der Waals surface area contributed by atoms with E-state index in [4.69, 9.17) is 4.74 Å². The van der Waals surface area contributed by atoms with Crippen molar-refractivity contribution in [1.29, 1.82) is 0 Å². The van der Waals surface area contributed by atoms with Gasteiger partial charge in [-0.1, -0.05) is 0 Å². The van der Waals surface area contributed by atoms with Gasteiger partial charge < -0.3 is 9.84 Å². The summed E-state index contributed by atoms with van der Waals surface area (Å²) in [5.41, 5.74) is 2.12. The van der Waals surface area contributed by atoms with Crippen LogP contribution >= 0.6 is 0 Å². The fraction of sp³-hybridized carbons (Fsp3) is 0.0667. The van der Waals surface area contributed by atoms with Gasteiger partial charge >= 0.3 is 0 Å².